The van der Waals surface area contributed by atoms with Crippen molar-refractivity contribution in [2.24, 2.45) is 0 Å². The van der Waals surface area contributed by atoms with E-state index >= 15 is 0 Å². The molecule has 0 aromatic heterocycles. The van der Waals surface area contributed by atoms with Crippen LogP contribution < -0.4 is 18.1 Å². The first kappa shape index (κ1) is 44.1. The van der Waals surface area contributed by atoms with E-state index in [-0.39, 0.29) is 85.4 Å². The second kappa shape index (κ2) is 23.1. The van der Waals surface area contributed by atoms with E-state index in [1.807, 2.05) is 121 Å². The van der Waals surface area contributed by atoms with E-state index in [1.165, 1.54) is 0 Å². The number of para-hydroxylation sites is 4. The van der Waals surface area contributed by atoms with Crippen LogP contribution in [0.3, 0.4) is 0 Å². The summed E-state index contributed by atoms with van der Waals surface area (Å²) in [5.41, 5.74) is -5.22. The van der Waals surface area contributed by atoms with Crippen molar-refractivity contribution in [3.8, 4) is 23.0 Å². The van der Waals surface area contributed by atoms with Gasteiger partial charge in [-0.15, -0.1) is 0 Å². The topological polar surface area (TPSA) is 36.9 Å². The maximum atomic E-state index is 5.57. The van der Waals surface area contributed by atoms with Crippen LogP contribution in [0.1, 0.15) is 0 Å². The van der Waals surface area contributed by atoms with Crippen LogP contribution in [0.2, 0.25) is 0 Å². The SMILES string of the molecule is S=P(S)(Oc1ccccc1)Oc1ccccc1.S=P(S)(Oc1ccccc1)Oc1ccccc1.[S-2].[S-2].[Zn+2].[Zn+2].[Zn+2]. The molecular weight excluding hydrogens is 803 g/mol. The van der Waals surface area contributed by atoms with Crippen molar-refractivity contribution in [3.63, 3.8) is 0 Å². The first-order valence-corrected chi connectivity index (χ1v) is 17.5. The number of rotatable bonds is 8. The van der Waals surface area contributed by atoms with Crippen LogP contribution in [0.4, 0.5) is 0 Å². The maximum absolute atomic E-state index is 5.57. The molecule has 0 aliphatic heterocycles. The van der Waals surface area contributed by atoms with Gasteiger partial charge in [-0.05, 0) is 72.1 Å². The maximum Gasteiger partial charge on any atom is 2.00 e. The normalized spacial score (nSPS) is 9.49. The Morgan fingerprint density at radius 1 is 0.385 bits per heavy atom. The summed E-state index contributed by atoms with van der Waals surface area (Å²) < 4.78 is 22.3. The van der Waals surface area contributed by atoms with E-state index in [2.05, 4.69) is 24.5 Å². The van der Waals surface area contributed by atoms with Crippen molar-refractivity contribution in [2.45, 2.75) is 0 Å². The zero-order chi connectivity index (χ0) is 24.3. The van der Waals surface area contributed by atoms with Crippen molar-refractivity contribution < 1.29 is 76.5 Å². The Bertz CT molecular complexity index is 1060. The van der Waals surface area contributed by atoms with Gasteiger partial charge in [-0.1, -0.05) is 97.3 Å². The third-order valence-electron chi connectivity index (χ3n) is 3.86. The van der Waals surface area contributed by atoms with Gasteiger partial charge in [0.2, 0.25) is 0 Å². The molecule has 0 spiro atoms. The van der Waals surface area contributed by atoms with E-state index < -0.39 is 11.4 Å². The minimum absolute atomic E-state index is 0. The molecule has 0 aliphatic carbocycles. The summed E-state index contributed by atoms with van der Waals surface area (Å²) in [4.78, 5) is 0. The van der Waals surface area contributed by atoms with Crippen LogP contribution in [0.25, 0.3) is 0 Å². The molecule has 0 unspecified atom stereocenters. The molecule has 0 bridgehead atoms. The number of hydrogen-bond acceptors (Lipinski definition) is 6. The molecule has 4 aromatic carbocycles. The van der Waals surface area contributed by atoms with Crippen LogP contribution in [0.15, 0.2) is 121 Å². The van der Waals surface area contributed by atoms with Gasteiger partial charge in [0.05, 0.1) is 0 Å². The third-order valence-corrected chi connectivity index (χ3v) is 7.50. The van der Waals surface area contributed by atoms with Gasteiger partial charge in [0.1, 0.15) is 23.0 Å². The van der Waals surface area contributed by atoms with Gasteiger partial charge in [0, 0.05) is 0 Å². The molecule has 0 N–H and O–H groups in total. The van der Waals surface area contributed by atoms with Crippen molar-refractivity contribution in [3.05, 3.63) is 121 Å². The van der Waals surface area contributed by atoms with Crippen LogP contribution in [-0.2, 0) is 109 Å². The summed E-state index contributed by atoms with van der Waals surface area (Å²) in [5, 5.41) is 0. The fourth-order valence-electron chi connectivity index (χ4n) is 2.50. The van der Waals surface area contributed by atoms with Gasteiger partial charge >= 0.3 is 69.8 Å². The fraction of sp³-hybridized carbons (Fsp3) is 0. The Morgan fingerprint density at radius 2 is 0.538 bits per heavy atom. The fourth-order valence-corrected chi connectivity index (χ4v) is 6.29. The van der Waals surface area contributed by atoms with Crippen LogP contribution in [-0.4, -0.2) is 0 Å². The molecule has 39 heavy (non-hydrogen) atoms. The molecule has 15 heteroatoms. The molecule has 0 saturated heterocycles. The van der Waals surface area contributed by atoms with E-state index in [0.29, 0.717) is 23.0 Å². The third kappa shape index (κ3) is 18.7. The predicted octanol–water partition coefficient (Wildman–Crippen LogP) is 8.59. The molecule has 0 fully saturated rings. The zero-order valence-corrected chi connectivity index (χ0v) is 36.5. The number of thiol groups is 2. The Morgan fingerprint density at radius 3 is 0.692 bits per heavy atom. The van der Waals surface area contributed by atoms with Crippen molar-refractivity contribution in [1.82, 2.24) is 0 Å². The molecule has 0 aliphatic rings. The molecule has 192 valence electrons. The van der Waals surface area contributed by atoms with Gasteiger partial charge in [0.15, 0.2) is 0 Å². The average molecular weight is 825 g/mol. The second-order valence-electron chi connectivity index (χ2n) is 6.55. The zero-order valence-electron chi connectivity index (χ0n) is 20.7. The summed E-state index contributed by atoms with van der Waals surface area (Å²) in [6, 6.07) is 37.2. The molecule has 0 atom stereocenters. The second-order valence-corrected chi connectivity index (χ2v) is 16.8. The standard InChI is InChI=1S/2C12H11O2PS2.2S.3Zn/c2*16-15(17,13-11-7-3-1-4-8-11)14-12-9-5-2-6-10-12;;;;;/h2*1-10H,(H,16,17);;;;;/q;;2*-2;3*+2. The minimum Gasteiger partial charge on any atom is -2.00 e. The Balaban J connectivity index is -0.000000589. The quantitative estimate of drug-likeness (QED) is 0.105. The molecule has 0 heterocycles. The molecule has 0 amide bonds. The number of benzene rings is 4. The number of hydrogen-bond donors (Lipinski definition) is 2. The van der Waals surface area contributed by atoms with Gasteiger partial charge < -0.3 is 45.1 Å². The summed E-state index contributed by atoms with van der Waals surface area (Å²) in [5.74, 6) is 2.67. The minimum atomic E-state index is -2.61. The van der Waals surface area contributed by atoms with E-state index in [4.69, 9.17) is 41.7 Å². The Kier molecular flexibility index (Phi) is 26.2. The first-order chi connectivity index (χ1) is 16.3. The Labute approximate surface area is 303 Å². The molecule has 4 aromatic rings. The average Bonchev–Trinajstić information content (AvgIpc) is 2.81. The first-order valence-electron chi connectivity index (χ1n) is 9.95. The van der Waals surface area contributed by atoms with Gasteiger partial charge in [0.25, 0.3) is 0 Å². The van der Waals surface area contributed by atoms with E-state index in [1.54, 1.807) is 0 Å². The molecule has 4 rings (SSSR count). The molecule has 0 saturated carbocycles. The molecule has 0 radical (unpaired) electrons. The largest absolute Gasteiger partial charge is 2.00 e. The van der Waals surface area contributed by atoms with Crippen LogP contribution in [0.5, 0.6) is 23.0 Å². The molecule has 4 nitrogen and oxygen atoms in total. The van der Waals surface area contributed by atoms with Crippen molar-refractivity contribution in [2.75, 3.05) is 0 Å². The van der Waals surface area contributed by atoms with Gasteiger partial charge in [-0.2, -0.15) is 0 Å². The van der Waals surface area contributed by atoms with Crippen molar-refractivity contribution >= 4 is 86.5 Å². The van der Waals surface area contributed by atoms with Crippen LogP contribution in [0, 0.1) is 0 Å². The molecular formula is C24H22O4P2S6Zn3+2. The van der Waals surface area contributed by atoms with E-state index in [9.17, 15) is 0 Å². The van der Waals surface area contributed by atoms with E-state index in [0.717, 1.165) is 0 Å². The van der Waals surface area contributed by atoms with Gasteiger partial charge in [-0.25, -0.2) is 0 Å². The Hall–Kier alpha value is 0.650. The van der Waals surface area contributed by atoms with Crippen molar-refractivity contribution in [1.29, 1.82) is 0 Å². The monoisotopic (exact) mass is 820 g/mol. The van der Waals surface area contributed by atoms with Gasteiger partial charge in [-0.3, -0.25) is 0 Å². The summed E-state index contributed by atoms with van der Waals surface area (Å²) in [6.07, 6.45) is 0. The summed E-state index contributed by atoms with van der Waals surface area (Å²) >= 11 is 19.1. The summed E-state index contributed by atoms with van der Waals surface area (Å²) in [6.45, 7) is 0. The predicted molar refractivity (Wildman–Crippen MR) is 170 cm³/mol. The van der Waals surface area contributed by atoms with Crippen LogP contribution >= 0.6 is 35.9 Å². The summed E-state index contributed by atoms with van der Waals surface area (Å²) in [7, 11) is 0. The smallest absolute Gasteiger partial charge is 2.00 e.